The van der Waals surface area contributed by atoms with Gasteiger partial charge in [-0.25, -0.2) is 0 Å². The van der Waals surface area contributed by atoms with Gasteiger partial charge in [-0.15, -0.1) is 0 Å². The summed E-state index contributed by atoms with van der Waals surface area (Å²) in [7, 11) is 4.02. The molecule has 2 rings (SSSR count). The molecular weight excluding hydrogens is 198 g/mol. The molecule has 0 aliphatic rings. The molecule has 82 valence electrons. The van der Waals surface area contributed by atoms with Crippen LogP contribution in [0.15, 0.2) is 36.4 Å². The molecule has 2 heteroatoms. The molecule has 0 saturated heterocycles. The van der Waals surface area contributed by atoms with Crippen LogP contribution in [0.5, 0.6) is 0 Å². The summed E-state index contributed by atoms with van der Waals surface area (Å²) in [5, 5.41) is 2.15. The van der Waals surface area contributed by atoms with Gasteiger partial charge in [-0.2, -0.15) is 0 Å². The van der Waals surface area contributed by atoms with Crippen molar-refractivity contribution in [3.8, 4) is 0 Å². The Labute approximate surface area is 95.5 Å². The molecule has 0 aliphatic heterocycles. The SMILES string of the molecule is CC(=O)c1cccc2c(N(C)C)cccc12. The number of hydrogen-bond acceptors (Lipinski definition) is 2. The quantitative estimate of drug-likeness (QED) is 0.714. The molecule has 2 aromatic carbocycles. The molecular formula is C14H15NO. The van der Waals surface area contributed by atoms with E-state index in [0.29, 0.717) is 0 Å². The summed E-state index contributed by atoms with van der Waals surface area (Å²) in [6.07, 6.45) is 0. The van der Waals surface area contributed by atoms with E-state index >= 15 is 0 Å². The molecule has 0 heterocycles. The third-order valence-electron chi connectivity index (χ3n) is 2.76. The fourth-order valence-electron chi connectivity index (χ4n) is 1.99. The number of carbonyl (C=O) groups is 1. The first-order chi connectivity index (χ1) is 7.61. The minimum Gasteiger partial charge on any atom is -0.377 e. The second kappa shape index (κ2) is 3.97. The van der Waals surface area contributed by atoms with Crippen molar-refractivity contribution in [2.45, 2.75) is 6.92 Å². The Balaban J connectivity index is 2.81. The van der Waals surface area contributed by atoms with Crippen LogP contribution in [0.4, 0.5) is 5.69 Å². The number of Topliss-reactive ketones (excluding diaryl/α,β-unsaturated/α-hetero) is 1. The predicted octanol–water partition coefficient (Wildman–Crippen LogP) is 3.11. The highest BCUT2D eigenvalue weighted by Gasteiger charge is 2.08. The van der Waals surface area contributed by atoms with E-state index in [1.54, 1.807) is 6.92 Å². The van der Waals surface area contributed by atoms with Crippen LogP contribution in [0.25, 0.3) is 10.8 Å². The fourth-order valence-corrected chi connectivity index (χ4v) is 1.99. The Kier molecular flexibility index (Phi) is 2.65. The maximum absolute atomic E-state index is 11.5. The van der Waals surface area contributed by atoms with Crippen LogP contribution in [0, 0.1) is 0 Å². The molecule has 0 N–H and O–H groups in total. The summed E-state index contributed by atoms with van der Waals surface area (Å²) in [5.41, 5.74) is 1.93. The van der Waals surface area contributed by atoms with Crippen molar-refractivity contribution in [1.82, 2.24) is 0 Å². The Morgan fingerprint density at radius 1 is 1.00 bits per heavy atom. The second-order valence-corrected chi connectivity index (χ2v) is 4.13. The molecule has 2 nitrogen and oxygen atoms in total. The topological polar surface area (TPSA) is 20.3 Å². The molecule has 0 amide bonds. The molecule has 0 saturated carbocycles. The number of hydrogen-bond donors (Lipinski definition) is 0. The summed E-state index contributed by atoms with van der Waals surface area (Å²) >= 11 is 0. The summed E-state index contributed by atoms with van der Waals surface area (Å²) in [6, 6.07) is 11.9. The third kappa shape index (κ3) is 1.67. The van der Waals surface area contributed by atoms with Crippen molar-refractivity contribution < 1.29 is 4.79 Å². The van der Waals surface area contributed by atoms with Gasteiger partial charge in [0.25, 0.3) is 0 Å². The highest BCUT2D eigenvalue weighted by molar-refractivity contribution is 6.09. The Morgan fingerprint density at radius 3 is 2.25 bits per heavy atom. The minimum atomic E-state index is 0.113. The van der Waals surface area contributed by atoms with Crippen molar-refractivity contribution in [3.63, 3.8) is 0 Å². The van der Waals surface area contributed by atoms with Crippen molar-refractivity contribution in [3.05, 3.63) is 42.0 Å². The van der Waals surface area contributed by atoms with Crippen molar-refractivity contribution in [2.24, 2.45) is 0 Å². The van der Waals surface area contributed by atoms with Crippen LogP contribution in [-0.4, -0.2) is 19.9 Å². The molecule has 0 radical (unpaired) electrons. The van der Waals surface area contributed by atoms with Gasteiger partial charge in [-0.05, 0) is 18.4 Å². The molecule has 0 bridgehead atoms. The largest absolute Gasteiger partial charge is 0.377 e. The van der Waals surface area contributed by atoms with Crippen LogP contribution >= 0.6 is 0 Å². The Morgan fingerprint density at radius 2 is 1.62 bits per heavy atom. The zero-order chi connectivity index (χ0) is 11.7. The van der Waals surface area contributed by atoms with Gasteiger partial charge in [-0.1, -0.05) is 30.3 Å². The fraction of sp³-hybridized carbons (Fsp3) is 0.214. The highest BCUT2D eigenvalue weighted by atomic mass is 16.1. The van der Waals surface area contributed by atoms with E-state index in [4.69, 9.17) is 0 Å². The van der Waals surface area contributed by atoms with Gasteiger partial charge in [0.15, 0.2) is 5.78 Å². The first-order valence-corrected chi connectivity index (χ1v) is 5.31. The van der Waals surface area contributed by atoms with Gasteiger partial charge in [0.1, 0.15) is 0 Å². The number of benzene rings is 2. The highest BCUT2D eigenvalue weighted by Crippen LogP contribution is 2.27. The Hall–Kier alpha value is -1.83. The Bertz CT molecular complexity index is 543. The number of rotatable bonds is 2. The zero-order valence-corrected chi connectivity index (χ0v) is 9.82. The number of ketones is 1. The summed E-state index contributed by atoms with van der Waals surface area (Å²) < 4.78 is 0. The van der Waals surface area contributed by atoms with Crippen LogP contribution in [-0.2, 0) is 0 Å². The lowest BCUT2D eigenvalue weighted by atomic mass is 10.0. The molecule has 0 fully saturated rings. The summed E-state index contributed by atoms with van der Waals surface area (Å²) in [6.45, 7) is 1.61. The van der Waals surface area contributed by atoms with E-state index in [9.17, 15) is 4.79 Å². The summed E-state index contributed by atoms with van der Waals surface area (Å²) in [4.78, 5) is 13.6. The zero-order valence-electron chi connectivity index (χ0n) is 9.82. The lowest BCUT2D eigenvalue weighted by molar-refractivity contribution is 0.101. The molecule has 0 aromatic heterocycles. The van der Waals surface area contributed by atoms with Crippen molar-refractivity contribution >= 4 is 22.2 Å². The monoisotopic (exact) mass is 213 g/mol. The van der Waals surface area contributed by atoms with E-state index in [1.165, 1.54) is 0 Å². The first kappa shape index (κ1) is 10.7. The second-order valence-electron chi connectivity index (χ2n) is 4.13. The van der Waals surface area contributed by atoms with E-state index in [0.717, 1.165) is 22.0 Å². The number of fused-ring (bicyclic) bond motifs is 1. The average Bonchev–Trinajstić information content (AvgIpc) is 2.27. The van der Waals surface area contributed by atoms with Gasteiger partial charge in [-0.3, -0.25) is 4.79 Å². The van der Waals surface area contributed by atoms with Crippen LogP contribution in [0.3, 0.4) is 0 Å². The number of anilines is 1. The van der Waals surface area contributed by atoms with Crippen LogP contribution in [0.1, 0.15) is 17.3 Å². The van der Waals surface area contributed by atoms with Crippen LogP contribution < -0.4 is 4.90 Å². The van der Waals surface area contributed by atoms with Gasteiger partial charge in [0.2, 0.25) is 0 Å². The van der Waals surface area contributed by atoms with Gasteiger partial charge in [0, 0.05) is 30.7 Å². The van der Waals surface area contributed by atoms with E-state index in [2.05, 4.69) is 17.0 Å². The van der Waals surface area contributed by atoms with Gasteiger partial charge < -0.3 is 4.90 Å². The lowest BCUT2D eigenvalue weighted by Crippen LogP contribution is -2.09. The molecule has 0 unspecified atom stereocenters. The maximum Gasteiger partial charge on any atom is 0.160 e. The van der Waals surface area contributed by atoms with E-state index in [1.807, 2.05) is 38.4 Å². The van der Waals surface area contributed by atoms with Crippen molar-refractivity contribution in [2.75, 3.05) is 19.0 Å². The summed E-state index contributed by atoms with van der Waals surface area (Å²) in [5.74, 6) is 0.113. The lowest BCUT2D eigenvalue weighted by Gasteiger charge is -2.16. The van der Waals surface area contributed by atoms with Crippen LogP contribution in [0.2, 0.25) is 0 Å². The molecule has 0 atom stereocenters. The van der Waals surface area contributed by atoms with E-state index < -0.39 is 0 Å². The van der Waals surface area contributed by atoms with E-state index in [-0.39, 0.29) is 5.78 Å². The van der Waals surface area contributed by atoms with Gasteiger partial charge in [0.05, 0.1) is 0 Å². The molecule has 2 aromatic rings. The molecule has 0 spiro atoms. The smallest absolute Gasteiger partial charge is 0.160 e. The standard InChI is InChI=1S/C14H15NO/c1-10(16)11-6-4-8-13-12(11)7-5-9-14(13)15(2)3/h4-9H,1-3H3. The predicted molar refractivity (Wildman–Crippen MR) is 68.3 cm³/mol. The van der Waals surface area contributed by atoms with Crippen molar-refractivity contribution in [1.29, 1.82) is 0 Å². The maximum atomic E-state index is 11.5. The van der Waals surface area contributed by atoms with Gasteiger partial charge >= 0.3 is 0 Å². The third-order valence-corrected chi connectivity index (χ3v) is 2.76. The number of nitrogens with zero attached hydrogens (tertiary/aromatic N) is 1. The molecule has 0 aliphatic carbocycles. The average molecular weight is 213 g/mol. The minimum absolute atomic E-state index is 0.113. The first-order valence-electron chi connectivity index (χ1n) is 5.31. The number of carbonyl (C=O) groups excluding carboxylic acids is 1. The molecule has 16 heavy (non-hydrogen) atoms. The normalized spacial score (nSPS) is 10.4.